The molecule has 1 heterocycles. The molecule has 3 N–H and O–H groups in total. The molecule has 0 bridgehead atoms. The minimum Gasteiger partial charge on any atom is -0.465 e. The molecule has 0 spiro atoms. The van der Waals surface area contributed by atoms with Gasteiger partial charge in [0, 0.05) is 25.5 Å². The normalized spacial score (nSPS) is 10.3. The molecule has 0 aliphatic carbocycles. The van der Waals surface area contributed by atoms with Gasteiger partial charge in [-0.25, -0.2) is 0 Å². The van der Waals surface area contributed by atoms with Crippen LogP contribution in [0.5, 0.6) is 0 Å². The van der Waals surface area contributed by atoms with Crippen molar-refractivity contribution in [2.75, 3.05) is 25.1 Å². The molecule has 0 aliphatic heterocycles. The van der Waals surface area contributed by atoms with E-state index in [-0.39, 0.29) is 5.91 Å². The van der Waals surface area contributed by atoms with Crippen LogP contribution in [0.3, 0.4) is 0 Å². The van der Waals surface area contributed by atoms with Crippen LogP contribution in [0.25, 0.3) is 0 Å². The summed E-state index contributed by atoms with van der Waals surface area (Å²) in [7, 11) is 3.44. The SMILES string of the molecule is Cc1ccc(CNc2cc(N)ccc2C(=O)N(C)C)o1. The molecule has 2 rings (SSSR count). The summed E-state index contributed by atoms with van der Waals surface area (Å²) in [6.45, 7) is 2.40. The summed E-state index contributed by atoms with van der Waals surface area (Å²) in [5.41, 5.74) is 7.69. The van der Waals surface area contributed by atoms with Crippen molar-refractivity contribution in [3.8, 4) is 0 Å². The first-order valence-corrected chi connectivity index (χ1v) is 6.37. The number of nitrogen functional groups attached to an aromatic ring is 1. The maximum Gasteiger partial charge on any atom is 0.255 e. The molecule has 0 radical (unpaired) electrons. The summed E-state index contributed by atoms with van der Waals surface area (Å²) in [5, 5.41) is 3.20. The van der Waals surface area contributed by atoms with Crippen LogP contribution in [-0.4, -0.2) is 24.9 Å². The third-order valence-electron chi connectivity index (χ3n) is 2.93. The molecule has 5 heteroatoms. The Kier molecular flexibility index (Phi) is 3.98. The van der Waals surface area contributed by atoms with Crippen LogP contribution < -0.4 is 11.1 Å². The average molecular weight is 273 g/mol. The fourth-order valence-electron chi connectivity index (χ4n) is 1.90. The van der Waals surface area contributed by atoms with E-state index in [1.54, 1.807) is 32.3 Å². The number of nitrogens with zero attached hydrogens (tertiary/aromatic N) is 1. The lowest BCUT2D eigenvalue weighted by Gasteiger charge is -2.15. The van der Waals surface area contributed by atoms with E-state index in [2.05, 4.69) is 5.32 Å². The molecule has 1 aromatic heterocycles. The lowest BCUT2D eigenvalue weighted by Crippen LogP contribution is -2.23. The average Bonchev–Trinajstić information content (AvgIpc) is 2.81. The second-order valence-corrected chi connectivity index (χ2v) is 4.87. The zero-order valence-electron chi connectivity index (χ0n) is 11.9. The van der Waals surface area contributed by atoms with E-state index in [0.29, 0.717) is 23.5 Å². The summed E-state index contributed by atoms with van der Waals surface area (Å²) in [6, 6.07) is 9.02. The molecular formula is C15H19N3O2. The molecular weight excluding hydrogens is 254 g/mol. The molecule has 0 atom stereocenters. The van der Waals surface area contributed by atoms with Crippen molar-refractivity contribution in [2.24, 2.45) is 0 Å². The summed E-state index contributed by atoms with van der Waals surface area (Å²) in [4.78, 5) is 13.6. The van der Waals surface area contributed by atoms with Gasteiger partial charge in [-0.05, 0) is 37.3 Å². The third kappa shape index (κ3) is 3.12. The van der Waals surface area contributed by atoms with Crippen molar-refractivity contribution in [1.82, 2.24) is 4.90 Å². The number of carbonyl (C=O) groups is 1. The predicted octanol–water partition coefficient (Wildman–Crippen LogP) is 2.48. The topological polar surface area (TPSA) is 71.5 Å². The molecule has 0 saturated carbocycles. The minimum absolute atomic E-state index is 0.0666. The van der Waals surface area contributed by atoms with Crippen molar-refractivity contribution in [3.63, 3.8) is 0 Å². The van der Waals surface area contributed by atoms with Gasteiger partial charge in [0.05, 0.1) is 12.1 Å². The highest BCUT2D eigenvalue weighted by molar-refractivity contribution is 5.99. The lowest BCUT2D eigenvalue weighted by atomic mass is 10.1. The number of amides is 1. The Morgan fingerprint density at radius 2 is 2.05 bits per heavy atom. The zero-order valence-corrected chi connectivity index (χ0v) is 11.9. The molecule has 0 fully saturated rings. The number of aryl methyl sites for hydroxylation is 1. The van der Waals surface area contributed by atoms with Crippen molar-refractivity contribution >= 4 is 17.3 Å². The maximum absolute atomic E-state index is 12.1. The molecule has 106 valence electrons. The first-order chi connectivity index (χ1) is 9.47. The first kappa shape index (κ1) is 14.0. The highest BCUT2D eigenvalue weighted by atomic mass is 16.3. The summed E-state index contributed by atoms with van der Waals surface area (Å²) < 4.78 is 5.49. The van der Waals surface area contributed by atoms with Gasteiger partial charge in [-0.3, -0.25) is 4.79 Å². The zero-order chi connectivity index (χ0) is 14.7. The highest BCUT2D eigenvalue weighted by Crippen LogP contribution is 2.21. The van der Waals surface area contributed by atoms with Crippen molar-refractivity contribution in [3.05, 3.63) is 47.4 Å². The molecule has 1 amide bonds. The van der Waals surface area contributed by atoms with E-state index in [9.17, 15) is 4.79 Å². The maximum atomic E-state index is 12.1. The second kappa shape index (κ2) is 5.69. The number of nitrogens with one attached hydrogen (secondary N) is 1. The van der Waals surface area contributed by atoms with Crippen molar-refractivity contribution < 1.29 is 9.21 Å². The minimum atomic E-state index is -0.0666. The second-order valence-electron chi connectivity index (χ2n) is 4.87. The van der Waals surface area contributed by atoms with E-state index < -0.39 is 0 Å². The monoisotopic (exact) mass is 273 g/mol. The van der Waals surface area contributed by atoms with Crippen LogP contribution in [0.15, 0.2) is 34.7 Å². The Bertz CT molecular complexity index is 617. The van der Waals surface area contributed by atoms with Crippen molar-refractivity contribution in [2.45, 2.75) is 13.5 Å². The highest BCUT2D eigenvalue weighted by Gasteiger charge is 2.13. The fraction of sp³-hybridized carbons (Fsp3) is 0.267. The van der Waals surface area contributed by atoms with Gasteiger partial charge in [0.15, 0.2) is 0 Å². The number of anilines is 2. The number of furan rings is 1. The largest absolute Gasteiger partial charge is 0.465 e. The van der Waals surface area contributed by atoms with Crippen LogP contribution >= 0.6 is 0 Å². The van der Waals surface area contributed by atoms with E-state index in [1.807, 2.05) is 19.1 Å². The van der Waals surface area contributed by atoms with Crippen LogP contribution in [0.2, 0.25) is 0 Å². The summed E-state index contributed by atoms with van der Waals surface area (Å²) >= 11 is 0. The summed E-state index contributed by atoms with van der Waals surface area (Å²) in [6.07, 6.45) is 0. The van der Waals surface area contributed by atoms with E-state index in [4.69, 9.17) is 10.2 Å². The van der Waals surface area contributed by atoms with Gasteiger partial charge in [-0.1, -0.05) is 0 Å². The Morgan fingerprint density at radius 1 is 1.30 bits per heavy atom. The lowest BCUT2D eigenvalue weighted by molar-refractivity contribution is 0.0828. The number of hydrogen-bond donors (Lipinski definition) is 2. The summed E-state index contributed by atoms with van der Waals surface area (Å²) in [5.74, 6) is 1.61. The Hall–Kier alpha value is -2.43. The van der Waals surface area contributed by atoms with E-state index in [0.717, 1.165) is 11.5 Å². The van der Waals surface area contributed by atoms with Gasteiger partial charge in [0.25, 0.3) is 5.91 Å². The van der Waals surface area contributed by atoms with Crippen LogP contribution in [-0.2, 0) is 6.54 Å². The molecule has 0 unspecified atom stereocenters. The molecule has 1 aromatic carbocycles. The number of carbonyl (C=O) groups excluding carboxylic acids is 1. The van der Waals surface area contributed by atoms with Gasteiger partial charge in [-0.15, -0.1) is 0 Å². The molecule has 5 nitrogen and oxygen atoms in total. The Balaban J connectivity index is 2.21. The van der Waals surface area contributed by atoms with Gasteiger partial charge in [-0.2, -0.15) is 0 Å². The van der Waals surface area contributed by atoms with Crippen LogP contribution in [0.4, 0.5) is 11.4 Å². The number of rotatable bonds is 4. The number of benzene rings is 1. The van der Waals surface area contributed by atoms with Crippen molar-refractivity contribution in [1.29, 1.82) is 0 Å². The van der Waals surface area contributed by atoms with Crippen LogP contribution in [0.1, 0.15) is 21.9 Å². The van der Waals surface area contributed by atoms with E-state index >= 15 is 0 Å². The molecule has 0 saturated heterocycles. The third-order valence-corrected chi connectivity index (χ3v) is 2.93. The standard InChI is InChI=1S/C15H19N3O2/c1-10-4-6-12(20-10)9-17-14-8-11(16)5-7-13(14)15(19)18(2)3/h4-8,17H,9,16H2,1-3H3. The van der Waals surface area contributed by atoms with E-state index in [1.165, 1.54) is 4.90 Å². The smallest absolute Gasteiger partial charge is 0.255 e. The first-order valence-electron chi connectivity index (χ1n) is 6.37. The Morgan fingerprint density at radius 3 is 2.65 bits per heavy atom. The molecule has 0 aliphatic rings. The molecule has 20 heavy (non-hydrogen) atoms. The van der Waals surface area contributed by atoms with Gasteiger partial charge >= 0.3 is 0 Å². The van der Waals surface area contributed by atoms with Gasteiger partial charge < -0.3 is 20.4 Å². The fourth-order valence-corrected chi connectivity index (χ4v) is 1.90. The quantitative estimate of drug-likeness (QED) is 0.839. The number of nitrogens with two attached hydrogens (primary N) is 1. The predicted molar refractivity (Wildman–Crippen MR) is 79.6 cm³/mol. The number of hydrogen-bond acceptors (Lipinski definition) is 4. The van der Waals surface area contributed by atoms with Gasteiger partial charge in [0.1, 0.15) is 11.5 Å². The van der Waals surface area contributed by atoms with Crippen LogP contribution in [0, 0.1) is 6.92 Å². The Labute approximate surface area is 118 Å². The van der Waals surface area contributed by atoms with Gasteiger partial charge in [0.2, 0.25) is 0 Å². The molecule has 2 aromatic rings.